The van der Waals surface area contributed by atoms with Crippen LogP contribution in [0.25, 0.3) is 0 Å². The monoisotopic (exact) mass is 258 g/mol. The van der Waals surface area contributed by atoms with Crippen molar-refractivity contribution in [3.63, 3.8) is 0 Å². The van der Waals surface area contributed by atoms with E-state index in [-0.39, 0.29) is 16.7 Å². The van der Waals surface area contributed by atoms with Crippen LogP contribution >= 0.6 is 0 Å². The van der Waals surface area contributed by atoms with Crippen LogP contribution in [0.2, 0.25) is 0 Å². The number of benzene rings is 1. The predicted octanol–water partition coefficient (Wildman–Crippen LogP) is 1.13. The summed E-state index contributed by atoms with van der Waals surface area (Å²) >= 11 is 0. The lowest BCUT2D eigenvalue weighted by atomic mass is 10.1. The summed E-state index contributed by atoms with van der Waals surface area (Å²) in [5, 5.41) is 3.11. The highest BCUT2D eigenvalue weighted by Crippen LogP contribution is 2.30. The van der Waals surface area contributed by atoms with Crippen LogP contribution in [0, 0.1) is 5.82 Å². The first-order valence-electron chi connectivity index (χ1n) is 5.52. The average Bonchev–Trinajstić information content (AvgIpc) is 2.27. The molecule has 0 aliphatic carbocycles. The minimum Gasteiger partial charge on any atom is -0.380 e. The third kappa shape index (κ3) is 2.58. The zero-order valence-corrected chi connectivity index (χ0v) is 10.1. The summed E-state index contributed by atoms with van der Waals surface area (Å²) in [7, 11) is -3.39. The molecule has 1 aliphatic heterocycles. The SMILES string of the molecule is NCCCC1CS(=O)(=O)c2cc(F)ccc2N1. The first-order valence-corrected chi connectivity index (χ1v) is 7.17. The van der Waals surface area contributed by atoms with Crippen LogP contribution in [0.3, 0.4) is 0 Å². The van der Waals surface area contributed by atoms with Crippen molar-refractivity contribution in [1.82, 2.24) is 0 Å². The van der Waals surface area contributed by atoms with Crippen LogP contribution in [0.15, 0.2) is 23.1 Å². The fourth-order valence-corrected chi connectivity index (χ4v) is 3.72. The van der Waals surface area contributed by atoms with E-state index in [1.807, 2.05) is 0 Å². The summed E-state index contributed by atoms with van der Waals surface area (Å²) in [6, 6.07) is 3.65. The van der Waals surface area contributed by atoms with Gasteiger partial charge in [0, 0.05) is 6.04 Å². The summed E-state index contributed by atoms with van der Waals surface area (Å²) < 4.78 is 37.0. The maximum Gasteiger partial charge on any atom is 0.182 e. The molecule has 1 aliphatic rings. The van der Waals surface area contributed by atoms with E-state index in [2.05, 4.69) is 5.32 Å². The Morgan fingerprint density at radius 2 is 2.24 bits per heavy atom. The van der Waals surface area contributed by atoms with Gasteiger partial charge in [-0.05, 0) is 37.6 Å². The topological polar surface area (TPSA) is 72.2 Å². The smallest absolute Gasteiger partial charge is 0.182 e. The van der Waals surface area contributed by atoms with Gasteiger partial charge in [-0.2, -0.15) is 0 Å². The van der Waals surface area contributed by atoms with Gasteiger partial charge in [-0.3, -0.25) is 0 Å². The molecule has 1 heterocycles. The van der Waals surface area contributed by atoms with Crippen LogP contribution in [0.1, 0.15) is 12.8 Å². The van der Waals surface area contributed by atoms with Crippen molar-refractivity contribution in [3.8, 4) is 0 Å². The third-order valence-corrected chi connectivity index (χ3v) is 4.66. The molecule has 0 saturated heterocycles. The molecule has 94 valence electrons. The first kappa shape index (κ1) is 12.3. The highest BCUT2D eigenvalue weighted by Gasteiger charge is 2.29. The molecule has 6 heteroatoms. The lowest BCUT2D eigenvalue weighted by Crippen LogP contribution is -2.34. The van der Waals surface area contributed by atoms with Crippen molar-refractivity contribution in [2.45, 2.75) is 23.8 Å². The molecule has 0 amide bonds. The van der Waals surface area contributed by atoms with Crippen LogP contribution in [-0.4, -0.2) is 26.8 Å². The van der Waals surface area contributed by atoms with Gasteiger partial charge in [0.1, 0.15) is 5.82 Å². The molecule has 17 heavy (non-hydrogen) atoms. The second-order valence-corrected chi connectivity index (χ2v) is 6.20. The molecule has 0 bridgehead atoms. The van der Waals surface area contributed by atoms with Crippen LogP contribution in [0.4, 0.5) is 10.1 Å². The zero-order valence-electron chi connectivity index (χ0n) is 9.32. The molecule has 0 aromatic heterocycles. The maximum atomic E-state index is 13.0. The lowest BCUT2D eigenvalue weighted by molar-refractivity contribution is 0.570. The van der Waals surface area contributed by atoms with E-state index in [9.17, 15) is 12.8 Å². The summed E-state index contributed by atoms with van der Waals surface area (Å²) in [4.78, 5) is 0.0569. The van der Waals surface area contributed by atoms with Gasteiger partial charge in [-0.25, -0.2) is 12.8 Å². The Hall–Kier alpha value is -1.14. The van der Waals surface area contributed by atoms with E-state index in [4.69, 9.17) is 5.73 Å². The van der Waals surface area contributed by atoms with Crippen molar-refractivity contribution in [2.24, 2.45) is 5.73 Å². The molecule has 0 saturated carbocycles. The maximum absolute atomic E-state index is 13.0. The summed E-state index contributed by atoms with van der Waals surface area (Å²) in [6.45, 7) is 0.536. The number of rotatable bonds is 3. The van der Waals surface area contributed by atoms with Gasteiger partial charge in [0.25, 0.3) is 0 Å². The van der Waals surface area contributed by atoms with Gasteiger partial charge >= 0.3 is 0 Å². The second kappa shape index (κ2) is 4.62. The standard InChI is InChI=1S/C11H15FN2O2S/c12-8-3-4-10-11(6-8)17(15,16)7-9(14-10)2-1-5-13/h3-4,6,9,14H,1-2,5,7,13H2. The Morgan fingerprint density at radius 1 is 1.47 bits per heavy atom. The molecule has 1 atom stereocenters. The Labute approximate surface area is 99.9 Å². The number of hydrogen-bond donors (Lipinski definition) is 2. The predicted molar refractivity (Wildman–Crippen MR) is 64.2 cm³/mol. The molecular weight excluding hydrogens is 243 g/mol. The van der Waals surface area contributed by atoms with Crippen molar-refractivity contribution in [1.29, 1.82) is 0 Å². The van der Waals surface area contributed by atoms with Gasteiger partial charge in [0.15, 0.2) is 9.84 Å². The number of hydrogen-bond acceptors (Lipinski definition) is 4. The van der Waals surface area contributed by atoms with Crippen LogP contribution < -0.4 is 11.1 Å². The van der Waals surface area contributed by atoms with E-state index in [1.54, 1.807) is 0 Å². The zero-order chi connectivity index (χ0) is 12.5. The molecular formula is C11H15FN2O2S. The van der Waals surface area contributed by atoms with Gasteiger partial charge in [0.2, 0.25) is 0 Å². The normalized spacial score (nSPS) is 21.6. The molecule has 1 aromatic rings. The van der Waals surface area contributed by atoms with Gasteiger partial charge in [-0.15, -0.1) is 0 Å². The molecule has 4 nitrogen and oxygen atoms in total. The van der Waals surface area contributed by atoms with Crippen molar-refractivity contribution in [3.05, 3.63) is 24.0 Å². The largest absolute Gasteiger partial charge is 0.380 e. The fourth-order valence-electron chi connectivity index (χ4n) is 2.01. The number of nitrogens with one attached hydrogen (secondary N) is 1. The van der Waals surface area contributed by atoms with Crippen molar-refractivity contribution >= 4 is 15.5 Å². The van der Waals surface area contributed by atoms with Crippen molar-refractivity contribution in [2.75, 3.05) is 17.6 Å². The minimum absolute atomic E-state index is 0.00343. The Bertz CT molecular complexity index is 516. The summed E-state index contributed by atoms with van der Waals surface area (Å²) in [5.74, 6) is -0.529. The van der Waals surface area contributed by atoms with E-state index < -0.39 is 15.7 Å². The lowest BCUT2D eigenvalue weighted by Gasteiger charge is -2.26. The molecule has 0 radical (unpaired) electrons. The number of sulfone groups is 1. The Kier molecular flexibility index (Phi) is 3.35. The van der Waals surface area contributed by atoms with Crippen LogP contribution in [-0.2, 0) is 9.84 Å². The second-order valence-electron chi connectivity index (χ2n) is 4.19. The van der Waals surface area contributed by atoms with Crippen LogP contribution in [0.5, 0.6) is 0 Å². The fraction of sp³-hybridized carbons (Fsp3) is 0.455. The van der Waals surface area contributed by atoms with E-state index in [0.29, 0.717) is 18.7 Å². The molecule has 1 aromatic carbocycles. The van der Waals surface area contributed by atoms with E-state index in [1.165, 1.54) is 12.1 Å². The van der Waals surface area contributed by atoms with Gasteiger partial charge in [0.05, 0.1) is 16.3 Å². The van der Waals surface area contributed by atoms with Crippen molar-refractivity contribution < 1.29 is 12.8 Å². The molecule has 0 fully saturated rings. The number of nitrogens with two attached hydrogens (primary N) is 1. The summed E-state index contributed by atoms with van der Waals surface area (Å²) in [5.41, 5.74) is 5.89. The van der Waals surface area contributed by atoms with E-state index in [0.717, 1.165) is 12.5 Å². The minimum atomic E-state index is -3.39. The number of fused-ring (bicyclic) bond motifs is 1. The Morgan fingerprint density at radius 3 is 2.94 bits per heavy atom. The number of halogens is 1. The van der Waals surface area contributed by atoms with Gasteiger partial charge < -0.3 is 11.1 Å². The first-order chi connectivity index (χ1) is 8.03. The highest BCUT2D eigenvalue weighted by atomic mass is 32.2. The molecule has 0 spiro atoms. The number of anilines is 1. The molecule has 3 N–H and O–H groups in total. The quantitative estimate of drug-likeness (QED) is 0.852. The molecule has 2 rings (SSSR count). The highest BCUT2D eigenvalue weighted by molar-refractivity contribution is 7.91. The summed E-state index contributed by atoms with van der Waals surface area (Å²) in [6.07, 6.45) is 1.47. The third-order valence-electron chi connectivity index (χ3n) is 2.82. The Balaban J connectivity index is 2.31. The molecule has 1 unspecified atom stereocenters. The average molecular weight is 258 g/mol. The van der Waals surface area contributed by atoms with E-state index >= 15 is 0 Å². The van der Waals surface area contributed by atoms with Gasteiger partial charge in [-0.1, -0.05) is 0 Å².